The van der Waals surface area contributed by atoms with Crippen LogP contribution in [0.4, 0.5) is 0 Å². The Kier molecular flexibility index (Phi) is 1.96. The van der Waals surface area contributed by atoms with Crippen LogP contribution in [0.5, 0.6) is 0 Å². The maximum atomic E-state index is 11.2. The summed E-state index contributed by atoms with van der Waals surface area (Å²) in [5.74, 6) is 0.883. The first-order valence-corrected chi connectivity index (χ1v) is 5.56. The van der Waals surface area contributed by atoms with Gasteiger partial charge >= 0.3 is 0 Å². The normalized spacial score (nSPS) is 13.4. The van der Waals surface area contributed by atoms with E-state index in [1.54, 1.807) is 6.26 Å². The van der Waals surface area contributed by atoms with Gasteiger partial charge in [-0.2, -0.15) is 0 Å². The number of rotatable bonds is 1. The highest BCUT2D eigenvalue weighted by Crippen LogP contribution is 2.21. The molecule has 13 heavy (non-hydrogen) atoms. The van der Waals surface area contributed by atoms with Crippen LogP contribution in [0.1, 0.15) is 5.76 Å². The Balaban J connectivity index is 2.67. The Hall–Kier alpha value is -1.09. The molecule has 0 bridgehead atoms. The van der Waals surface area contributed by atoms with Crippen LogP contribution in [0.25, 0.3) is 11.0 Å². The van der Waals surface area contributed by atoms with Gasteiger partial charge in [-0.15, -0.1) is 0 Å². The van der Waals surface area contributed by atoms with Crippen LogP contribution in [0.2, 0.25) is 0 Å². The molecule has 0 aliphatic rings. The van der Waals surface area contributed by atoms with E-state index in [1.165, 1.54) is 0 Å². The molecule has 2 nitrogen and oxygen atoms in total. The molecule has 1 heterocycles. The second-order valence-corrected chi connectivity index (χ2v) is 4.39. The quantitative estimate of drug-likeness (QED) is 0.698. The predicted molar refractivity (Wildman–Crippen MR) is 53.3 cm³/mol. The van der Waals surface area contributed by atoms with Crippen molar-refractivity contribution in [3.63, 3.8) is 0 Å². The fourth-order valence-corrected chi connectivity index (χ4v) is 1.89. The van der Waals surface area contributed by atoms with Crippen LogP contribution in [0.15, 0.2) is 33.6 Å². The molecule has 0 amide bonds. The van der Waals surface area contributed by atoms with Crippen molar-refractivity contribution >= 4 is 21.8 Å². The summed E-state index contributed by atoms with van der Waals surface area (Å²) >= 11 is 0. The summed E-state index contributed by atoms with van der Waals surface area (Å²) in [7, 11) is -0.917. The van der Waals surface area contributed by atoms with E-state index in [9.17, 15) is 4.21 Å². The van der Waals surface area contributed by atoms with Crippen molar-refractivity contribution in [2.45, 2.75) is 11.8 Å². The van der Waals surface area contributed by atoms with Crippen molar-refractivity contribution in [3.8, 4) is 0 Å². The zero-order valence-electron chi connectivity index (χ0n) is 7.53. The molecule has 68 valence electrons. The van der Waals surface area contributed by atoms with Gasteiger partial charge in [-0.05, 0) is 31.2 Å². The third-order valence-corrected chi connectivity index (χ3v) is 2.86. The maximum Gasteiger partial charge on any atom is 0.134 e. The van der Waals surface area contributed by atoms with E-state index in [1.807, 2.05) is 31.2 Å². The van der Waals surface area contributed by atoms with Gasteiger partial charge in [-0.25, -0.2) is 0 Å². The molecule has 3 heteroatoms. The molecule has 0 saturated heterocycles. The molecule has 1 unspecified atom stereocenters. The second-order valence-electron chi connectivity index (χ2n) is 3.01. The van der Waals surface area contributed by atoms with Crippen LogP contribution >= 0.6 is 0 Å². The minimum Gasteiger partial charge on any atom is -0.461 e. The van der Waals surface area contributed by atoms with Gasteiger partial charge in [0, 0.05) is 27.3 Å². The van der Waals surface area contributed by atoms with Crippen LogP contribution < -0.4 is 0 Å². The standard InChI is InChI=1S/C10H10O2S/c1-7-5-8-6-9(13(2)11)3-4-10(8)12-7/h3-6H,1-2H3. The Morgan fingerprint density at radius 2 is 2.08 bits per heavy atom. The summed E-state index contributed by atoms with van der Waals surface area (Å²) in [5.41, 5.74) is 0.853. The number of benzene rings is 1. The van der Waals surface area contributed by atoms with Gasteiger partial charge in [-0.3, -0.25) is 4.21 Å². The van der Waals surface area contributed by atoms with E-state index < -0.39 is 10.8 Å². The lowest BCUT2D eigenvalue weighted by atomic mass is 10.2. The SMILES string of the molecule is Cc1cc2cc(S(C)=O)ccc2o1. The van der Waals surface area contributed by atoms with Crippen molar-refractivity contribution in [3.05, 3.63) is 30.0 Å². The summed E-state index contributed by atoms with van der Waals surface area (Å²) in [6, 6.07) is 7.55. The molecule has 0 aliphatic heterocycles. The highest BCUT2D eigenvalue weighted by atomic mass is 32.2. The minimum absolute atomic E-state index is 0.841. The molecule has 2 rings (SSSR count). The predicted octanol–water partition coefficient (Wildman–Crippen LogP) is 2.48. The van der Waals surface area contributed by atoms with Crippen molar-refractivity contribution in [2.75, 3.05) is 6.26 Å². The molecule has 0 saturated carbocycles. The van der Waals surface area contributed by atoms with Crippen molar-refractivity contribution < 1.29 is 8.63 Å². The fourth-order valence-electron chi connectivity index (χ4n) is 1.33. The lowest BCUT2D eigenvalue weighted by molar-refractivity contribution is 0.578. The molecule has 0 radical (unpaired) electrons. The van der Waals surface area contributed by atoms with Crippen molar-refractivity contribution in [1.29, 1.82) is 0 Å². The van der Waals surface area contributed by atoms with Crippen LogP contribution in [-0.2, 0) is 10.8 Å². The topological polar surface area (TPSA) is 30.2 Å². The average Bonchev–Trinajstić information content (AvgIpc) is 2.42. The third-order valence-electron chi connectivity index (χ3n) is 1.94. The monoisotopic (exact) mass is 194 g/mol. The Bertz CT molecular complexity index is 471. The van der Waals surface area contributed by atoms with Gasteiger partial charge in [-0.1, -0.05) is 0 Å². The molecule has 1 aromatic heterocycles. The molecular formula is C10H10O2S. The second kappa shape index (κ2) is 3.00. The zero-order chi connectivity index (χ0) is 9.42. The first kappa shape index (κ1) is 8.51. The third kappa shape index (κ3) is 1.52. The molecule has 0 aliphatic carbocycles. The molecule has 1 atom stereocenters. The summed E-state index contributed by atoms with van der Waals surface area (Å²) < 4.78 is 16.6. The van der Waals surface area contributed by atoms with Crippen LogP contribution in [-0.4, -0.2) is 10.5 Å². The van der Waals surface area contributed by atoms with E-state index in [4.69, 9.17) is 4.42 Å². The highest BCUT2D eigenvalue weighted by molar-refractivity contribution is 7.84. The fraction of sp³-hybridized carbons (Fsp3) is 0.200. The summed E-state index contributed by atoms with van der Waals surface area (Å²) in [5, 5.41) is 1.02. The van der Waals surface area contributed by atoms with E-state index in [0.29, 0.717) is 0 Å². The van der Waals surface area contributed by atoms with Crippen LogP contribution in [0, 0.1) is 6.92 Å². The highest BCUT2D eigenvalue weighted by Gasteiger charge is 2.02. The molecular weight excluding hydrogens is 184 g/mol. The molecule has 0 N–H and O–H groups in total. The number of aryl methyl sites for hydroxylation is 1. The summed E-state index contributed by atoms with van der Waals surface area (Å²) in [6.45, 7) is 1.91. The van der Waals surface area contributed by atoms with Gasteiger partial charge in [0.1, 0.15) is 11.3 Å². The minimum atomic E-state index is -0.917. The largest absolute Gasteiger partial charge is 0.461 e. The van der Waals surface area contributed by atoms with E-state index in [-0.39, 0.29) is 0 Å². The first-order valence-electron chi connectivity index (χ1n) is 4.00. The van der Waals surface area contributed by atoms with Crippen LogP contribution in [0.3, 0.4) is 0 Å². The average molecular weight is 194 g/mol. The van der Waals surface area contributed by atoms with Gasteiger partial charge in [0.2, 0.25) is 0 Å². The van der Waals surface area contributed by atoms with E-state index >= 15 is 0 Å². The van der Waals surface area contributed by atoms with Gasteiger partial charge in [0.05, 0.1) is 0 Å². The first-order chi connectivity index (χ1) is 6.16. The number of hydrogen-bond donors (Lipinski definition) is 0. The lowest BCUT2D eigenvalue weighted by Gasteiger charge is -1.94. The Morgan fingerprint density at radius 1 is 1.31 bits per heavy atom. The smallest absolute Gasteiger partial charge is 0.134 e. The van der Waals surface area contributed by atoms with E-state index in [2.05, 4.69) is 0 Å². The van der Waals surface area contributed by atoms with Gasteiger partial charge in [0.25, 0.3) is 0 Å². The number of fused-ring (bicyclic) bond motifs is 1. The van der Waals surface area contributed by atoms with Crippen molar-refractivity contribution in [1.82, 2.24) is 0 Å². The molecule has 1 aromatic carbocycles. The maximum absolute atomic E-state index is 11.2. The lowest BCUT2D eigenvalue weighted by Crippen LogP contribution is -1.85. The van der Waals surface area contributed by atoms with E-state index in [0.717, 1.165) is 21.6 Å². The van der Waals surface area contributed by atoms with Gasteiger partial charge in [0.15, 0.2) is 0 Å². The van der Waals surface area contributed by atoms with Crippen molar-refractivity contribution in [2.24, 2.45) is 0 Å². The molecule has 0 fully saturated rings. The van der Waals surface area contributed by atoms with Gasteiger partial charge < -0.3 is 4.42 Å². The Morgan fingerprint density at radius 3 is 2.77 bits per heavy atom. The number of furan rings is 1. The number of hydrogen-bond acceptors (Lipinski definition) is 2. The molecule has 0 spiro atoms. The summed E-state index contributed by atoms with van der Waals surface area (Å²) in [4.78, 5) is 0.841. The molecule has 2 aromatic rings. The summed E-state index contributed by atoms with van der Waals surface area (Å²) in [6.07, 6.45) is 1.67. The Labute approximate surface area is 79.0 Å². The zero-order valence-corrected chi connectivity index (χ0v) is 8.35.